The number of amides is 14. The molecule has 8 aliphatic rings. The molecule has 0 bridgehead atoms. The van der Waals surface area contributed by atoms with Gasteiger partial charge in [0.05, 0.1) is 34.9 Å². The van der Waals surface area contributed by atoms with Crippen molar-refractivity contribution < 1.29 is 66.4 Å². The molecule has 29 nitrogen and oxygen atoms in total. The molecule has 0 spiro atoms. The van der Waals surface area contributed by atoms with E-state index in [9.17, 15) is 71.9 Å². The number of likely N-dealkylation sites (N-methyl/N-ethyl adjacent to an activating group) is 4. The summed E-state index contributed by atoms with van der Waals surface area (Å²) in [4.78, 5) is 177. The van der Waals surface area contributed by atoms with Crippen molar-refractivity contribution in [2.45, 2.75) is 177 Å². The minimum absolute atomic E-state index is 0.135. The maximum Gasteiger partial charge on any atom is 0.422 e. The third-order valence-corrected chi connectivity index (χ3v) is 18.4. The predicted molar refractivity (Wildman–Crippen MR) is 524 cm³/mol. The molecule has 0 unspecified atom stereocenters. The average molecular weight is 1800 g/mol. The van der Waals surface area contributed by atoms with Crippen LogP contribution >= 0.6 is 0 Å². The van der Waals surface area contributed by atoms with Gasteiger partial charge in [-0.3, -0.25) is 72.0 Å². The molecule has 8 aliphatic heterocycles. The molecule has 0 saturated carbocycles. The Labute approximate surface area is 773 Å². The quantitative estimate of drug-likeness (QED) is 0.127. The van der Waals surface area contributed by atoms with Crippen LogP contribution in [0, 0.1) is 0 Å². The van der Waals surface area contributed by atoms with Crippen molar-refractivity contribution in [3.63, 3.8) is 0 Å². The summed E-state index contributed by atoms with van der Waals surface area (Å²) in [6, 6.07) is 58.3. The first-order valence-electron chi connectivity index (χ1n) is 44.5. The van der Waals surface area contributed by atoms with Gasteiger partial charge in [0.25, 0.3) is 46.9 Å². The van der Waals surface area contributed by atoms with Crippen molar-refractivity contribution in [2.75, 3.05) is 72.7 Å². The van der Waals surface area contributed by atoms with Crippen molar-refractivity contribution in [1.82, 2.24) is 38.5 Å². The number of oxazole rings is 1. The Kier molecular flexibility index (Phi) is 58.5. The normalized spacial score (nSPS) is 13.1. The highest BCUT2D eigenvalue weighted by molar-refractivity contribution is 6.21. The molecule has 29 heteroatoms. The smallest absolute Gasteiger partial charge is 0.409 e. The summed E-state index contributed by atoms with van der Waals surface area (Å²) < 4.78 is 12.2. The number of urea groups is 2. The molecule has 2 aromatic heterocycles. The van der Waals surface area contributed by atoms with Gasteiger partial charge in [-0.25, -0.2) is 28.6 Å². The second-order valence-corrected chi connectivity index (χ2v) is 25.6. The zero-order valence-corrected chi connectivity index (χ0v) is 82.4. The number of anilines is 2. The summed E-state index contributed by atoms with van der Waals surface area (Å²) in [6.45, 7) is 41.6. The summed E-state index contributed by atoms with van der Waals surface area (Å²) in [6.07, 6.45) is 5.92. The molecule has 0 radical (unpaired) electrons. The fourth-order valence-electron chi connectivity index (χ4n) is 11.7. The number of para-hydroxylation sites is 5. The maximum absolute atomic E-state index is 11.5. The van der Waals surface area contributed by atoms with Crippen LogP contribution in [-0.4, -0.2) is 173 Å². The number of azo groups is 1. The van der Waals surface area contributed by atoms with E-state index in [0.717, 1.165) is 89.9 Å². The van der Waals surface area contributed by atoms with E-state index in [1.807, 2.05) is 288 Å². The lowest BCUT2D eigenvalue weighted by atomic mass is 9.99. The molecule has 14 amide bonds. The van der Waals surface area contributed by atoms with Crippen LogP contribution in [0.3, 0.4) is 0 Å². The molecular weight excluding hydrogens is 1670 g/mol. The molecule has 0 fully saturated rings. The van der Waals surface area contributed by atoms with Crippen molar-refractivity contribution in [3.05, 3.63) is 293 Å². The molecule has 708 valence electrons. The predicted octanol–water partition coefficient (Wildman–Crippen LogP) is 19.2. The number of hydrogen-bond acceptors (Lipinski definition) is 17. The Balaban J connectivity index is 0. The Bertz CT molecular complexity index is 5470. The van der Waals surface area contributed by atoms with E-state index in [1.165, 1.54) is 68.0 Å². The number of hydrogen-bond donors (Lipinski definition) is 0. The van der Waals surface area contributed by atoms with Crippen molar-refractivity contribution in [2.24, 2.45) is 24.3 Å². The lowest BCUT2D eigenvalue weighted by molar-refractivity contribution is -0.135. The Hall–Kier alpha value is -14.3. The third-order valence-electron chi connectivity index (χ3n) is 18.4. The lowest BCUT2D eigenvalue weighted by Gasteiger charge is -2.25. The van der Waals surface area contributed by atoms with Crippen molar-refractivity contribution in [3.8, 4) is 0 Å². The van der Waals surface area contributed by atoms with E-state index >= 15 is 0 Å². The first kappa shape index (κ1) is 119. The van der Waals surface area contributed by atoms with Gasteiger partial charge in [0.1, 0.15) is 5.58 Å². The van der Waals surface area contributed by atoms with Crippen LogP contribution in [0.1, 0.15) is 225 Å². The highest BCUT2D eigenvalue weighted by Crippen LogP contribution is 2.28. The SMILES string of the molecule is CC.CC.CC.CC.CC.CC.CC.CC.CC.CC.CN1C(=O)C=CC1=O.CN1C(=O)CCc2ccccc21.CN1C(=O)Cc2ccccc21.CN1C(=O)Cc2ccccc2C1=O.CN1C(=O)N=NC1=O.CN1C(=O)c2ccccc2C1=O.CN1CCc2ccccc2C1=O.CN1Cc2ccccc2C1=O.Cn1c(=O)oc2ccccc21.Cn1c(=O)oc2ccccc2c1=O. The average Bonchev–Trinajstić information content (AvgIpc) is 1.71. The number of imide groups is 4. The van der Waals surface area contributed by atoms with Gasteiger partial charge in [-0.15, -0.1) is 0 Å². The van der Waals surface area contributed by atoms with Crippen molar-refractivity contribution in [1.29, 1.82) is 0 Å². The number of carbonyl (C=O) groups is 12. The first-order chi connectivity index (χ1) is 63.0. The number of benzene rings is 8. The zero-order chi connectivity index (χ0) is 100. The summed E-state index contributed by atoms with van der Waals surface area (Å²) in [5.41, 5.74) is 12.5. The number of nitrogens with zero attached hydrogens (tertiary/aromatic N) is 12. The van der Waals surface area contributed by atoms with E-state index in [2.05, 4.69) is 16.3 Å². The van der Waals surface area contributed by atoms with E-state index in [0.29, 0.717) is 52.5 Å². The van der Waals surface area contributed by atoms with E-state index in [1.54, 1.807) is 93.4 Å². The topological polar surface area (TPSA) is 343 Å². The van der Waals surface area contributed by atoms with E-state index < -0.39 is 17.8 Å². The maximum atomic E-state index is 11.5. The van der Waals surface area contributed by atoms with Crippen LogP contribution in [0.5, 0.6) is 0 Å². The molecule has 8 aromatic carbocycles. The van der Waals surface area contributed by atoms with E-state index in [-0.39, 0.29) is 70.4 Å². The molecule has 0 saturated heterocycles. The summed E-state index contributed by atoms with van der Waals surface area (Å²) >= 11 is 0. The lowest BCUT2D eigenvalue weighted by Crippen LogP contribution is -2.39. The van der Waals surface area contributed by atoms with Crippen LogP contribution < -0.4 is 26.9 Å². The van der Waals surface area contributed by atoms with Crippen LogP contribution in [0.2, 0.25) is 0 Å². The van der Waals surface area contributed by atoms with Crippen LogP contribution in [0.25, 0.3) is 22.1 Å². The zero-order valence-electron chi connectivity index (χ0n) is 82.4. The largest absolute Gasteiger partial charge is 0.422 e. The number of rotatable bonds is 0. The van der Waals surface area contributed by atoms with Gasteiger partial charge in [0.15, 0.2) is 5.58 Å². The first-order valence-corrected chi connectivity index (χ1v) is 44.5. The fraction of sp³-hybridized carbons (Fsp3) is 0.363. The standard InChI is InChI=1S/C10H9NO2.2C10H11NO.C9H7NO3.C9H7NO2.2C9H9NO.C8H7NO2.C5H5NO2.C3H3N3O2.10C2H6/c1-11-9(12)6-7-4-2-3-5-8(7)10(11)13;1-11-7-6-8-4-2-3-5-9(8)10(11)12;1-11-9-5-3-2-4-8(9)6-7-10(11)12;1-10-8(11)6-4-2-3-5-7(6)13-9(10)12;1-10-8(11)6-4-2-3-5-7(6)9(10)12;1-10-6-7-4-2-3-5-8(7)9(10)11;1-10-8-5-3-2-4-7(8)6-9(10)11;1-9-6-4-2-3-5-7(6)11-8(9)10;1-6-4(7)2-3-5(6)8;1-6-2(7)4-5-3(6)8;10*1-2/h2-5H,6H2,1H3;2*2-5H,6-7H2,1H3;2-5H,1H3;2-5H,1H3;2*2-5H,6H2,1H3;2-5H,1H3;2-3H,1H3;1H3;10*1-2H3. The third kappa shape index (κ3) is 34.0. The number of carbonyl (C=O) groups excluding carboxylic acids is 12. The van der Waals surface area contributed by atoms with Gasteiger partial charge in [0.2, 0.25) is 17.7 Å². The molecule has 10 aromatic rings. The molecule has 0 N–H and O–H groups in total. The van der Waals surface area contributed by atoms with Gasteiger partial charge < -0.3 is 28.4 Å². The fourth-order valence-corrected chi connectivity index (χ4v) is 11.7. The molecule has 10 heterocycles. The van der Waals surface area contributed by atoms with Gasteiger partial charge in [-0.05, 0) is 107 Å². The van der Waals surface area contributed by atoms with Crippen molar-refractivity contribution >= 4 is 105 Å². The van der Waals surface area contributed by atoms with Gasteiger partial charge >= 0.3 is 23.6 Å². The molecule has 131 heavy (non-hydrogen) atoms. The van der Waals surface area contributed by atoms with E-state index in [4.69, 9.17) is 8.83 Å². The summed E-state index contributed by atoms with van der Waals surface area (Å²) in [5.74, 6) is -1.50. The molecule has 18 rings (SSSR count). The minimum Gasteiger partial charge on any atom is -0.409 e. The van der Waals surface area contributed by atoms with Crippen LogP contribution in [-0.2, 0) is 70.3 Å². The van der Waals surface area contributed by atoms with Gasteiger partial charge in [-0.1, -0.05) is 276 Å². The summed E-state index contributed by atoms with van der Waals surface area (Å²) in [7, 11) is 16.2. The van der Waals surface area contributed by atoms with Gasteiger partial charge in [0, 0.05) is 130 Å². The number of aryl methyl sites for hydroxylation is 2. The Morgan fingerprint density at radius 1 is 0.267 bits per heavy atom. The highest BCUT2D eigenvalue weighted by Gasteiger charge is 2.33. The summed E-state index contributed by atoms with van der Waals surface area (Å²) in [5, 5.41) is 6.34. The number of aromatic nitrogens is 2. The molecule has 0 aliphatic carbocycles. The monoisotopic (exact) mass is 1800 g/mol. The second-order valence-electron chi connectivity index (χ2n) is 25.6. The minimum atomic E-state index is -0.635. The van der Waals surface area contributed by atoms with Crippen LogP contribution in [0.4, 0.5) is 21.0 Å². The Morgan fingerprint density at radius 3 is 1.06 bits per heavy atom. The highest BCUT2D eigenvalue weighted by atomic mass is 16.4. The molecule has 0 atom stereocenters. The number of fused-ring (bicyclic) bond motifs is 8. The second kappa shape index (κ2) is 64.5. The Morgan fingerprint density at radius 2 is 0.611 bits per heavy atom. The van der Waals surface area contributed by atoms with Gasteiger partial charge in [-0.2, -0.15) is 0 Å². The van der Waals surface area contributed by atoms with Crippen LogP contribution in [0.15, 0.2) is 240 Å². The molecular formula is C102H138N12O17.